The Balaban J connectivity index is 2.10. The van der Waals surface area contributed by atoms with Crippen LogP contribution in [0.4, 0.5) is 0 Å². The molecule has 0 atom stereocenters. The number of para-hydroxylation sites is 1. The molecule has 0 radical (unpaired) electrons. The highest BCUT2D eigenvalue weighted by Gasteiger charge is 2.18. The summed E-state index contributed by atoms with van der Waals surface area (Å²) < 4.78 is 2.50. The topological polar surface area (TPSA) is 20.2 Å². The van der Waals surface area contributed by atoms with Crippen LogP contribution in [0, 0.1) is 0 Å². The van der Waals surface area contributed by atoms with E-state index in [1.165, 1.54) is 16.6 Å². The fourth-order valence-electron chi connectivity index (χ4n) is 2.88. The van der Waals surface area contributed by atoms with Gasteiger partial charge >= 0.3 is 0 Å². The third-order valence-corrected chi connectivity index (χ3v) is 3.81. The minimum atomic E-state index is 1.01. The van der Waals surface area contributed by atoms with E-state index >= 15 is 0 Å². The highest BCUT2D eigenvalue weighted by Crippen LogP contribution is 2.28. The van der Waals surface area contributed by atoms with Crippen LogP contribution in [0.2, 0.25) is 0 Å². The number of likely N-dealkylation sites (N-methyl/N-ethyl adjacent to an activating group) is 1. The van der Waals surface area contributed by atoms with Gasteiger partial charge in [-0.25, -0.2) is 0 Å². The molecule has 1 aromatic heterocycles. The quantitative estimate of drug-likeness (QED) is 0.888. The van der Waals surface area contributed by atoms with E-state index in [2.05, 4.69) is 53.1 Å². The van der Waals surface area contributed by atoms with Crippen LogP contribution in [-0.4, -0.2) is 36.7 Å². The van der Waals surface area contributed by atoms with Crippen LogP contribution in [-0.2, 0) is 19.5 Å². The lowest BCUT2D eigenvalue weighted by atomic mass is 10.1. The van der Waals surface area contributed by atoms with Crippen molar-refractivity contribution in [1.82, 2.24) is 14.8 Å². The van der Waals surface area contributed by atoms with Crippen molar-refractivity contribution < 1.29 is 0 Å². The standard InChI is InChI=1S/C15H21N3/c1-17(2)9-10-18-14-6-4-3-5-12(14)13-7-8-16-11-15(13)18/h3-6,16H,7-11H2,1-2H3. The van der Waals surface area contributed by atoms with E-state index in [-0.39, 0.29) is 0 Å². The summed E-state index contributed by atoms with van der Waals surface area (Å²) in [6, 6.07) is 8.82. The summed E-state index contributed by atoms with van der Waals surface area (Å²) in [6.07, 6.45) is 1.16. The summed E-state index contributed by atoms with van der Waals surface area (Å²) in [7, 11) is 4.27. The molecular formula is C15H21N3. The average Bonchev–Trinajstić information content (AvgIpc) is 2.71. The average molecular weight is 243 g/mol. The maximum atomic E-state index is 3.50. The number of fused-ring (bicyclic) bond motifs is 3. The zero-order chi connectivity index (χ0) is 12.5. The van der Waals surface area contributed by atoms with Crippen LogP contribution in [0.1, 0.15) is 11.3 Å². The summed E-state index contributed by atoms with van der Waals surface area (Å²) >= 11 is 0. The molecule has 0 amide bonds. The Labute approximate surface area is 108 Å². The number of rotatable bonds is 3. The van der Waals surface area contributed by atoms with E-state index in [1.807, 2.05) is 0 Å². The Morgan fingerprint density at radius 3 is 2.94 bits per heavy atom. The monoisotopic (exact) mass is 243 g/mol. The first kappa shape index (κ1) is 11.8. The summed E-state index contributed by atoms with van der Waals surface area (Å²) in [4.78, 5) is 2.25. The lowest BCUT2D eigenvalue weighted by molar-refractivity contribution is 0.382. The van der Waals surface area contributed by atoms with Gasteiger partial charge in [0.25, 0.3) is 0 Å². The number of hydrogen-bond acceptors (Lipinski definition) is 2. The fourth-order valence-corrected chi connectivity index (χ4v) is 2.88. The second-order valence-electron chi connectivity index (χ2n) is 5.32. The van der Waals surface area contributed by atoms with Gasteiger partial charge in [0.05, 0.1) is 0 Å². The molecule has 1 aliphatic rings. The molecule has 0 bridgehead atoms. The first-order chi connectivity index (χ1) is 8.77. The van der Waals surface area contributed by atoms with Crippen LogP contribution in [0.5, 0.6) is 0 Å². The van der Waals surface area contributed by atoms with E-state index in [9.17, 15) is 0 Å². The summed E-state index contributed by atoms with van der Waals surface area (Å²) in [6.45, 7) is 4.28. The molecule has 0 spiro atoms. The number of hydrogen-bond donors (Lipinski definition) is 1. The smallest absolute Gasteiger partial charge is 0.0486 e. The Bertz CT molecular complexity index is 554. The lowest BCUT2D eigenvalue weighted by Crippen LogP contribution is -2.26. The molecule has 2 heterocycles. The highest BCUT2D eigenvalue weighted by molar-refractivity contribution is 5.85. The molecular weight excluding hydrogens is 222 g/mol. The van der Waals surface area contributed by atoms with Crippen LogP contribution < -0.4 is 5.32 Å². The van der Waals surface area contributed by atoms with Gasteiger partial charge in [-0.05, 0) is 38.7 Å². The molecule has 1 aliphatic heterocycles. The predicted octanol–water partition coefficient (Wildman–Crippen LogP) is 1.85. The summed E-state index contributed by atoms with van der Waals surface area (Å²) in [5.74, 6) is 0. The van der Waals surface area contributed by atoms with Crippen molar-refractivity contribution in [3.8, 4) is 0 Å². The summed E-state index contributed by atoms with van der Waals surface area (Å²) in [5.41, 5.74) is 4.44. The Morgan fingerprint density at radius 2 is 2.11 bits per heavy atom. The lowest BCUT2D eigenvalue weighted by Gasteiger charge is -2.18. The van der Waals surface area contributed by atoms with Crippen LogP contribution in [0.15, 0.2) is 24.3 Å². The van der Waals surface area contributed by atoms with Crippen molar-refractivity contribution in [3.05, 3.63) is 35.5 Å². The van der Waals surface area contributed by atoms with Crippen molar-refractivity contribution in [2.75, 3.05) is 27.2 Å². The minimum Gasteiger partial charge on any atom is -0.342 e. The minimum absolute atomic E-state index is 1.01. The second kappa shape index (κ2) is 4.75. The molecule has 1 N–H and O–H groups in total. The molecule has 3 nitrogen and oxygen atoms in total. The molecule has 3 rings (SSSR count). The van der Waals surface area contributed by atoms with Crippen LogP contribution in [0.25, 0.3) is 10.9 Å². The van der Waals surface area contributed by atoms with Gasteiger partial charge in [0.15, 0.2) is 0 Å². The van der Waals surface area contributed by atoms with Crippen molar-refractivity contribution >= 4 is 10.9 Å². The third-order valence-electron chi connectivity index (χ3n) is 3.81. The largest absolute Gasteiger partial charge is 0.342 e. The molecule has 3 heteroatoms. The Hall–Kier alpha value is -1.32. The third kappa shape index (κ3) is 1.93. The van der Waals surface area contributed by atoms with E-state index in [0.29, 0.717) is 0 Å². The van der Waals surface area contributed by atoms with Gasteiger partial charge in [-0.1, -0.05) is 18.2 Å². The van der Waals surface area contributed by atoms with Gasteiger partial charge in [-0.2, -0.15) is 0 Å². The molecule has 0 saturated heterocycles. The maximum Gasteiger partial charge on any atom is 0.0486 e. The number of benzene rings is 1. The molecule has 2 aromatic rings. The van der Waals surface area contributed by atoms with Crippen molar-refractivity contribution in [2.24, 2.45) is 0 Å². The van der Waals surface area contributed by atoms with Gasteiger partial charge < -0.3 is 14.8 Å². The molecule has 0 saturated carbocycles. The second-order valence-corrected chi connectivity index (χ2v) is 5.32. The van der Waals surface area contributed by atoms with Gasteiger partial charge in [0.2, 0.25) is 0 Å². The highest BCUT2D eigenvalue weighted by atomic mass is 15.1. The Kier molecular flexibility index (Phi) is 3.10. The molecule has 0 fully saturated rings. The van der Waals surface area contributed by atoms with Gasteiger partial charge in [0, 0.05) is 36.2 Å². The predicted molar refractivity (Wildman–Crippen MR) is 75.9 cm³/mol. The number of nitrogens with zero attached hydrogens (tertiary/aromatic N) is 2. The van der Waals surface area contributed by atoms with E-state index in [4.69, 9.17) is 0 Å². The molecule has 0 aliphatic carbocycles. The molecule has 1 aromatic carbocycles. The van der Waals surface area contributed by atoms with E-state index < -0.39 is 0 Å². The fraction of sp³-hybridized carbons (Fsp3) is 0.467. The normalized spacial score (nSPS) is 15.3. The molecule has 96 valence electrons. The van der Waals surface area contributed by atoms with Crippen molar-refractivity contribution in [1.29, 1.82) is 0 Å². The molecule has 0 unspecified atom stereocenters. The van der Waals surface area contributed by atoms with E-state index in [0.717, 1.165) is 32.6 Å². The van der Waals surface area contributed by atoms with Gasteiger partial charge in [-0.15, -0.1) is 0 Å². The Morgan fingerprint density at radius 1 is 1.28 bits per heavy atom. The number of nitrogens with one attached hydrogen (secondary N) is 1. The first-order valence-corrected chi connectivity index (χ1v) is 6.72. The summed E-state index contributed by atoms with van der Waals surface area (Å²) in [5, 5.41) is 4.95. The SMILES string of the molecule is CN(C)CCn1c2c(c3ccccc31)CCNC2. The first-order valence-electron chi connectivity index (χ1n) is 6.72. The van der Waals surface area contributed by atoms with Gasteiger partial charge in [-0.3, -0.25) is 0 Å². The van der Waals surface area contributed by atoms with Crippen molar-refractivity contribution in [2.45, 2.75) is 19.5 Å². The zero-order valence-corrected chi connectivity index (χ0v) is 11.2. The zero-order valence-electron chi connectivity index (χ0n) is 11.2. The van der Waals surface area contributed by atoms with Crippen molar-refractivity contribution in [3.63, 3.8) is 0 Å². The van der Waals surface area contributed by atoms with Crippen LogP contribution >= 0.6 is 0 Å². The van der Waals surface area contributed by atoms with Gasteiger partial charge in [0.1, 0.15) is 0 Å². The molecule has 18 heavy (non-hydrogen) atoms. The number of aromatic nitrogens is 1. The van der Waals surface area contributed by atoms with E-state index in [1.54, 1.807) is 5.56 Å². The van der Waals surface area contributed by atoms with Crippen LogP contribution in [0.3, 0.4) is 0 Å². The maximum absolute atomic E-state index is 3.50.